The molecule has 6 nitrogen and oxygen atoms in total. The molecule has 1 N–H and O–H groups in total. The average molecular weight is 446 g/mol. The van der Waals surface area contributed by atoms with Crippen molar-refractivity contribution in [2.45, 2.75) is 11.4 Å². The molecule has 0 atom stereocenters. The molecular formula is C22H20F2N2O4S. The van der Waals surface area contributed by atoms with Gasteiger partial charge in [-0.3, -0.25) is 9.52 Å². The molecule has 0 aliphatic carbocycles. The van der Waals surface area contributed by atoms with Crippen LogP contribution in [0, 0.1) is 11.6 Å². The Balaban J connectivity index is 1.56. The maximum absolute atomic E-state index is 13.7. The minimum Gasteiger partial charge on any atom is -0.484 e. The first kappa shape index (κ1) is 22.2. The van der Waals surface area contributed by atoms with Crippen LogP contribution in [0.25, 0.3) is 0 Å². The molecule has 3 aromatic rings. The van der Waals surface area contributed by atoms with Gasteiger partial charge in [0.25, 0.3) is 15.9 Å². The summed E-state index contributed by atoms with van der Waals surface area (Å²) in [5, 5.41) is 0. The molecule has 3 rings (SSSR count). The van der Waals surface area contributed by atoms with Crippen molar-refractivity contribution in [2.75, 3.05) is 18.4 Å². The summed E-state index contributed by atoms with van der Waals surface area (Å²) in [4.78, 5) is 13.5. The predicted octanol–water partition coefficient (Wildman–Crippen LogP) is 3.80. The van der Waals surface area contributed by atoms with E-state index in [0.717, 1.165) is 12.1 Å². The van der Waals surface area contributed by atoms with Gasteiger partial charge in [-0.25, -0.2) is 17.2 Å². The van der Waals surface area contributed by atoms with Crippen molar-refractivity contribution < 1.29 is 26.7 Å². The summed E-state index contributed by atoms with van der Waals surface area (Å²) in [5.41, 5.74) is 0.617. The standard InChI is InChI=1S/C22H20F2N2O4S/c1-26(14-16-4-2-3-5-21(16)24)22(27)15-30-19-10-12-20(13-11-19)31(28,29)25-18-8-6-17(23)7-9-18/h2-13,25H,14-15H2,1H3. The molecule has 0 unspecified atom stereocenters. The summed E-state index contributed by atoms with van der Waals surface area (Å²) >= 11 is 0. The Morgan fingerprint density at radius 1 is 0.968 bits per heavy atom. The van der Waals surface area contributed by atoms with Crippen LogP contribution in [0.5, 0.6) is 5.75 Å². The fourth-order valence-electron chi connectivity index (χ4n) is 2.67. The molecule has 9 heteroatoms. The second kappa shape index (κ2) is 9.57. The Bertz CT molecular complexity index is 1150. The van der Waals surface area contributed by atoms with Crippen LogP contribution in [0.1, 0.15) is 5.56 Å². The molecule has 0 radical (unpaired) electrons. The average Bonchev–Trinajstić information content (AvgIpc) is 2.75. The number of hydrogen-bond donors (Lipinski definition) is 1. The molecule has 0 spiro atoms. The number of hydrogen-bond acceptors (Lipinski definition) is 4. The first-order chi connectivity index (χ1) is 14.7. The van der Waals surface area contributed by atoms with Gasteiger partial charge in [0.2, 0.25) is 0 Å². The number of amides is 1. The van der Waals surface area contributed by atoms with Gasteiger partial charge in [-0.1, -0.05) is 18.2 Å². The molecule has 0 saturated heterocycles. The van der Waals surface area contributed by atoms with E-state index in [9.17, 15) is 22.0 Å². The van der Waals surface area contributed by atoms with Crippen LogP contribution < -0.4 is 9.46 Å². The quantitative estimate of drug-likeness (QED) is 0.571. The van der Waals surface area contributed by atoms with Crippen LogP contribution in [0.3, 0.4) is 0 Å². The minimum absolute atomic E-state index is 0.0211. The zero-order valence-corrected chi connectivity index (χ0v) is 17.4. The van der Waals surface area contributed by atoms with Crippen LogP contribution in [-0.2, 0) is 21.4 Å². The monoisotopic (exact) mass is 446 g/mol. The number of anilines is 1. The van der Waals surface area contributed by atoms with Crippen molar-refractivity contribution in [3.8, 4) is 5.75 Å². The maximum atomic E-state index is 13.7. The van der Waals surface area contributed by atoms with Gasteiger partial charge in [-0.15, -0.1) is 0 Å². The number of carbonyl (C=O) groups excluding carboxylic acids is 1. The number of halogens is 2. The SMILES string of the molecule is CN(Cc1ccccc1F)C(=O)COc1ccc(S(=O)(=O)Nc2ccc(F)cc2)cc1. The second-order valence-electron chi connectivity index (χ2n) is 6.71. The molecule has 0 saturated carbocycles. The van der Waals surface area contributed by atoms with E-state index >= 15 is 0 Å². The van der Waals surface area contributed by atoms with Gasteiger partial charge < -0.3 is 9.64 Å². The number of benzene rings is 3. The number of ether oxygens (including phenoxy) is 1. The summed E-state index contributed by atoms with van der Waals surface area (Å²) < 4.78 is 59.3. The minimum atomic E-state index is -3.87. The number of likely N-dealkylation sites (N-methyl/N-ethyl adjacent to an activating group) is 1. The summed E-state index contributed by atoms with van der Waals surface area (Å²) in [6, 6.07) is 16.6. The van der Waals surface area contributed by atoms with E-state index in [1.54, 1.807) is 18.2 Å². The van der Waals surface area contributed by atoms with E-state index in [1.807, 2.05) is 0 Å². The van der Waals surface area contributed by atoms with E-state index < -0.39 is 21.7 Å². The molecule has 0 bridgehead atoms. The Morgan fingerprint density at radius 3 is 2.26 bits per heavy atom. The molecule has 1 amide bonds. The Hall–Kier alpha value is -3.46. The normalized spacial score (nSPS) is 11.1. The Kier molecular flexibility index (Phi) is 6.86. The van der Waals surface area contributed by atoms with Gasteiger partial charge in [-0.2, -0.15) is 0 Å². The van der Waals surface area contributed by atoms with Crippen molar-refractivity contribution in [3.05, 3.63) is 90.0 Å². The molecule has 0 aromatic heterocycles. The third-order valence-corrected chi connectivity index (χ3v) is 5.78. The molecule has 162 valence electrons. The van der Waals surface area contributed by atoms with Crippen molar-refractivity contribution in [3.63, 3.8) is 0 Å². The predicted molar refractivity (Wildman–Crippen MR) is 112 cm³/mol. The first-order valence-electron chi connectivity index (χ1n) is 9.23. The third-order valence-electron chi connectivity index (χ3n) is 4.38. The highest BCUT2D eigenvalue weighted by atomic mass is 32.2. The molecule has 3 aromatic carbocycles. The topological polar surface area (TPSA) is 75.7 Å². The van der Waals surface area contributed by atoms with Gasteiger partial charge >= 0.3 is 0 Å². The summed E-state index contributed by atoms with van der Waals surface area (Å²) in [5.74, 6) is -0.932. The van der Waals surface area contributed by atoms with Crippen molar-refractivity contribution in [1.29, 1.82) is 0 Å². The highest BCUT2D eigenvalue weighted by Crippen LogP contribution is 2.20. The number of nitrogens with one attached hydrogen (secondary N) is 1. The van der Waals surface area contributed by atoms with Crippen LogP contribution in [0.15, 0.2) is 77.7 Å². The molecule has 0 heterocycles. The number of sulfonamides is 1. The summed E-state index contributed by atoms with van der Waals surface area (Å²) in [6.45, 7) is -0.189. The van der Waals surface area contributed by atoms with Crippen LogP contribution in [0.4, 0.5) is 14.5 Å². The van der Waals surface area contributed by atoms with Gasteiger partial charge in [0.1, 0.15) is 17.4 Å². The first-order valence-corrected chi connectivity index (χ1v) is 10.7. The van der Waals surface area contributed by atoms with Gasteiger partial charge in [0.15, 0.2) is 6.61 Å². The summed E-state index contributed by atoms with van der Waals surface area (Å²) in [7, 11) is -2.33. The molecule has 0 aliphatic heterocycles. The lowest BCUT2D eigenvalue weighted by Crippen LogP contribution is -2.31. The second-order valence-corrected chi connectivity index (χ2v) is 8.40. The number of nitrogens with zero attached hydrogens (tertiary/aromatic N) is 1. The lowest BCUT2D eigenvalue weighted by molar-refractivity contribution is -0.132. The van der Waals surface area contributed by atoms with E-state index in [0.29, 0.717) is 11.3 Å². The lowest BCUT2D eigenvalue weighted by Gasteiger charge is -2.18. The highest BCUT2D eigenvalue weighted by molar-refractivity contribution is 7.92. The number of rotatable bonds is 8. The van der Waals surface area contributed by atoms with Gasteiger partial charge in [-0.05, 0) is 54.6 Å². The highest BCUT2D eigenvalue weighted by Gasteiger charge is 2.15. The van der Waals surface area contributed by atoms with Crippen LogP contribution in [-0.4, -0.2) is 32.9 Å². The largest absolute Gasteiger partial charge is 0.484 e. The fraction of sp³-hybridized carbons (Fsp3) is 0.136. The van der Waals surface area contributed by atoms with Crippen molar-refractivity contribution >= 4 is 21.6 Å². The Morgan fingerprint density at radius 2 is 1.61 bits per heavy atom. The maximum Gasteiger partial charge on any atom is 0.261 e. The molecule has 0 aliphatic rings. The molecule has 31 heavy (non-hydrogen) atoms. The van der Waals surface area contributed by atoms with Crippen molar-refractivity contribution in [2.24, 2.45) is 0 Å². The smallest absolute Gasteiger partial charge is 0.261 e. The van der Waals surface area contributed by atoms with E-state index in [1.165, 1.54) is 54.4 Å². The lowest BCUT2D eigenvalue weighted by atomic mass is 10.2. The fourth-order valence-corrected chi connectivity index (χ4v) is 3.73. The van der Waals surface area contributed by atoms with Crippen molar-refractivity contribution in [1.82, 2.24) is 4.90 Å². The van der Waals surface area contributed by atoms with E-state index in [4.69, 9.17) is 4.74 Å². The zero-order chi connectivity index (χ0) is 22.4. The van der Waals surface area contributed by atoms with Crippen LogP contribution >= 0.6 is 0 Å². The third kappa shape index (κ3) is 6.02. The molecular weight excluding hydrogens is 426 g/mol. The van der Waals surface area contributed by atoms with Gasteiger partial charge in [0, 0.05) is 24.8 Å². The van der Waals surface area contributed by atoms with Gasteiger partial charge in [0.05, 0.1) is 4.90 Å². The Labute approximate surface area is 179 Å². The zero-order valence-electron chi connectivity index (χ0n) is 16.6. The molecule has 0 fully saturated rings. The summed E-state index contributed by atoms with van der Waals surface area (Å²) in [6.07, 6.45) is 0. The van der Waals surface area contributed by atoms with Crippen LogP contribution in [0.2, 0.25) is 0 Å². The number of carbonyl (C=O) groups is 1. The van der Waals surface area contributed by atoms with E-state index in [2.05, 4.69) is 4.72 Å². The van der Waals surface area contributed by atoms with E-state index in [-0.39, 0.29) is 29.6 Å².